The third kappa shape index (κ3) is 8.15. The number of aliphatic hydroxyl groups excluding tert-OH is 7. The summed E-state index contributed by atoms with van der Waals surface area (Å²) in [5.41, 5.74) is 0. The first kappa shape index (κ1) is 23.6. The van der Waals surface area contributed by atoms with Gasteiger partial charge in [0.05, 0.1) is 39.6 Å². The quantitative estimate of drug-likeness (QED) is 0.140. The van der Waals surface area contributed by atoms with Gasteiger partial charge in [-0.15, -0.1) is 0 Å². The monoisotopic (exact) mass is 356 g/mol. The Morgan fingerprint density at radius 3 is 0.833 bits per heavy atom. The lowest BCUT2D eigenvalue weighted by atomic mass is 10.2. The Morgan fingerprint density at radius 1 is 0.458 bits per heavy atom. The minimum absolute atomic E-state index is 0.128. The smallest absolute Gasteiger partial charge is 0.152 e. The van der Waals surface area contributed by atoms with Crippen LogP contribution in [0, 0.1) is 0 Å². The summed E-state index contributed by atoms with van der Waals surface area (Å²) in [5, 5.41) is 66.3. The highest BCUT2D eigenvalue weighted by Crippen LogP contribution is 2.13. The van der Waals surface area contributed by atoms with Crippen molar-refractivity contribution in [3.8, 4) is 0 Å². The lowest BCUT2D eigenvalue weighted by molar-refractivity contribution is -0.951. The first-order valence-electron chi connectivity index (χ1n) is 8.50. The molecule has 9 nitrogen and oxygen atoms in total. The maximum absolute atomic E-state index is 10.6. The predicted molar refractivity (Wildman–Crippen MR) is 88.0 cm³/mol. The molecular formula is C15H36N2O7+2. The molecule has 7 N–H and O–H groups in total. The summed E-state index contributed by atoms with van der Waals surface area (Å²) in [6.07, 6.45) is -0.834. The topological polar surface area (TPSA) is 142 Å². The van der Waals surface area contributed by atoms with Gasteiger partial charge >= 0.3 is 0 Å². The van der Waals surface area contributed by atoms with Crippen LogP contribution in [0.2, 0.25) is 0 Å². The first-order chi connectivity index (χ1) is 11.5. The van der Waals surface area contributed by atoms with Crippen LogP contribution in [-0.4, -0.2) is 143 Å². The van der Waals surface area contributed by atoms with Gasteiger partial charge in [-0.25, -0.2) is 0 Å². The van der Waals surface area contributed by atoms with Crippen molar-refractivity contribution in [2.75, 3.05) is 92.0 Å². The summed E-state index contributed by atoms with van der Waals surface area (Å²) in [6.45, 7) is 1.50. The van der Waals surface area contributed by atoms with Gasteiger partial charge in [-0.3, -0.25) is 0 Å². The molecule has 0 aliphatic heterocycles. The van der Waals surface area contributed by atoms with Crippen LogP contribution < -0.4 is 0 Å². The van der Waals surface area contributed by atoms with Gasteiger partial charge in [0.15, 0.2) is 6.10 Å². The van der Waals surface area contributed by atoms with E-state index in [2.05, 4.69) is 0 Å². The minimum Gasteiger partial charge on any atom is -0.391 e. The molecule has 0 aromatic rings. The Morgan fingerprint density at radius 2 is 0.667 bits per heavy atom. The molecule has 146 valence electrons. The standard InChI is InChI=1S/C15H36N2O7/c18-7-1-16(2-8-19,3-9-20)13-15(24)14-17(4-10-21,5-11-22)6-12-23/h15,18-24H,1-14H2/q+2. The molecule has 0 aromatic carbocycles. The molecule has 24 heavy (non-hydrogen) atoms. The maximum Gasteiger partial charge on any atom is 0.152 e. The van der Waals surface area contributed by atoms with Gasteiger partial charge in [0.2, 0.25) is 0 Å². The summed E-state index contributed by atoms with van der Waals surface area (Å²) in [6, 6.07) is 0. The van der Waals surface area contributed by atoms with Crippen LogP contribution in [0.4, 0.5) is 0 Å². The molecule has 0 fully saturated rings. The molecule has 0 bridgehead atoms. The average Bonchev–Trinajstić information content (AvgIpc) is 2.48. The lowest BCUT2D eigenvalue weighted by Gasteiger charge is -2.42. The van der Waals surface area contributed by atoms with Gasteiger partial charge in [0.1, 0.15) is 52.4 Å². The zero-order valence-corrected chi connectivity index (χ0v) is 14.5. The van der Waals surface area contributed by atoms with Gasteiger partial charge in [0.25, 0.3) is 0 Å². The van der Waals surface area contributed by atoms with E-state index in [1.165, 1.54) is 0 Å². The van der Waals surface area contributed by atoms with E-state index in [1.807, 2.05) is 0 Å². The summed E-state index contributed by atoms with van der Waals surface area (Å²) in [4.78, 5) is 0. The van der Waals surface area contributed by atoms with Crippen LogP contribution in [0.1, 0.15) is 0 Å². The Balaban J connectivity index is 5.12. The largest absolute Gasteiger partial charge is 0.391 e. The van der Waals surface area contributed by atoms with Gasteiger partial charge in [-0.05, 0) is 0 Å². The van der Waals surface area contributed by atoms with Crippen LogP contribution in [0.25, 0.3) is 0 Å². The fourth-order valence-electron chi connectivity index (χ4n) is 3.44. The number of nitrogens with zero attached hydrogens (tertiary/aromatic N) is 2. The van der Waals surface area contributed by atoms with Crippen LogP contribution in [0.3, 0.4) is 0 Å². The molecule has 0 aromatic heterocycles. The Labute approximate surface area is 143 Å². The number of aliphatic hydroxyl groups is 7. The van der Waals surface area contributed by atoms with E-state index in [-0.39, 0.29) is 61.7 Å². The zero-order valence-electron chi connectivity index (χ0n) is 14.5. The summed E-state index contributed by atoms with van der Waals surface area (Å²) in [5.74, 6) is 0. The van der Waals surface area contributed by atoms with Crippen molar-refractivity contribution in [3.63, 3.8) is 0 Å². The molecule has 0 amide bonds. The predicted octanol–water partition coefficient (Wildman–Crippen LogP) is -4.07. The SMILES string of the molecule is OCC[N+](CCO)(CCO)CC(O)C[N+](CCO)(CCO)CCO. The highest BCUT2D eigenvalue weighted by molar-refractivity contribution is 4.59. The highest BCUT2D eigenvalue weighted by Gasteiger charge is 2.35. The second kappa shape index (κ2) is 12.9. The zero-order chi connectivity index (χ0) is 18.5. The molecule has 0 aliphatic rings. The fourth-order valence-corrected chi connectivity index (χ4v) is 3.44. The van der Waals surface area contributed by atoms with Crippen LogP contribution >= 0.6 is 0 Å². The first-order valence-corrected chi connectivity index (χ1v) is 8.50. The van der Waals surface area contributed by atoms with Crippen molar-refractivity contribution in [2.24, 2.45) is 0 Å². The van der Waals surface area contributed by atoms with Gasteiger partial charge in [-0.1, -0.05) is 0 Å². The number of quaternary nitrogens is 2. The third-order valence-electron chi connectivity index (χ3n) is 4.64. The molecule has 0 spiro atoms. The van der Waals surface area contributed by atoms with Crippen molar-refractivity contribution in [1.29, 1.82) is 0 Å². The van der Waals surface area contributed by atoms with Gasteiger partial charge in [-0.2, -0.15) is 0 Å². The normalized spacial score (nSPS) is 13.0. The number of rotatable bonds is 16. The van der Waals surface area contributed by atoms with E-state index in [0.717, 1.165) is 0 Å². The highest BCUT2D eigenvalue weighted by atomic mass is 16.3. The fraction of sp³-hybridized carbons (Fsp3) is 1.00. The molecule has 0 rings (SSSR count). The van der Waals surface area contributed by atoms with Crippen molar-refractivity contribution in [3.05, 3.63) is 0 Å². The van der Waals surface area contributed by atoms with E-state index >= 15 is 0 Å². The van der Waals surface area contributed by atoms with Crippen LogP contribution in [0.15, 0.2) is 0 Å². The van der Waals surface area contributed by atoms with Crippen molar-refractivity contribution in [2.45, 2.75) is 6.10 Å². The van der Waals surface area contributed by atoms with E-state index < -0.39 is 6.10 Å². The Kier molecular flexibility index (Phi) is 12.7. The van der Waals surface area contributed by atoms with Gasteiger partial charge < -0.3 is 44.7 Å². The number of hydrogen-bond donors (Lipinski definition) is 7. The third-order valence-corrected chi connectivity index (χ3v) is 4.64. The van der Waals surface area contributed by atoms with Crippen LogP contribution in [-0.2, 0) is 0 Å². The lowest BCUT2D eigenvalue weighted by Crippen LogP contribution is -2.62. The van der Waals surface area contributed by atoms with Crippen LogP contribution in [0.5, 0.6) is 0 Å². The molecule has 0 radical (unpaired) electrons. The Bertz CT molecular complexity index is 246. The molecular weight excluding hydrogens is 320 g/mol. The number of hydrogen-bond acceptors (Lipinski definition) is 7. The van der Waals surface area contributed by atoms with Crippen molar-refractivity contribution in [1.82, 2.24) is 0 Å². The second-order valence-electron chi connectivity index (χ2n) is 6.39. The molecule has 0 aliphatic carbocycles. The van der Waals surface area contributed by atoms with E-state index in [9.17, 15) is 35.7 Å². The van der Waals surface area contributed by atoms with Crippen molar-refractivity contribution < 1.29 is 44.7 Å². The van der Waals surface area contributed by atoms with E-state index in [4.69, 9.17) is 0 Å². The summed E-state index contributed by atoms with van der Waals surface area (Å²) < 4.78 is 0.365. The molecule has 9 heteroatoms. The molecule has 0 saturated heterocycles. The summed E-state index contributed by atoms with van der Waals surface area (Å²) >= 11 is 0. The average molecular weight is 356 g/mol. The van der Waals surface area contributed by atoms with Gasteiger partial charge in [0, 0.05) is 0 Å². The van der Waals surface area contributed by atoms with E-state index in [1.54, 1.807) is 0 Å². The molecule has 0 atom stereocenters. The molecule has 0 saturated carbocycles. The summed E-state index contributed by atoms with van der Waals surface area (Å²) in [7, 11) is 0. The molecule has 0 unspecified atom stereocenters. The minimum atomic E-state index is -0.834. The van der Waals surface area contributed by atoms with Crippen molar-refractivity contribution >= 4 is 0 Å². The second-order valence-corrected chi connectivity index (χ2v) is 6.39. The van der Waals surface area contributed by atoms with E-state index in [0.29, 0.717) is 39.3 Å². The maximum atomic E-state index is 10.6. The molecule has 0 heterocycles. The Hall–Kier alpha value is -0.360.